The Morgan fingerprint density at radius 1 is 1.25 bits per heavy atom. The van der Waals surface area contributed by atoms with Gasteiger partial charge in [-0.15, -0.1) is 0 Å². The molecule has 1 fully saturated rings. The molecule has 1 aliphatic carbocycles. The van der Waals surface area contributed by atoms with E-state index in [2.05, 4.69) is 33.1 Å². The highest BCUT2D eigenvalue weighted by Crippen LogP contribution is 2.35. The number of nitrogens with one attached hydrogen (secondary N) is 1. The smallest absolute Gasteiger partial charge is 0.00666 e. The van der Waals surface area contributed by atoms with E-state index >= 15 is 0 Å². The molecule has 12 heavy (non-hydrogen) atoms. The van der Waals surface area contributed by atoms with Crippen molar-refractivity contribution in [3.63, 3.8) is 0 Å². The lowest BCUT2D eigenvalue weighted by Gasteiger charge is -2.37. The number of rotatable bonds is 2. The Hall–Kier alpha value is -0.0400. The third-order valence-corrected chi connectivity index (χ3v) is 3.87. The maximum absolute atomic E-state index is 3.39. The Morgan fingerprint density at radius 2 is 1.92 bits per heavy atom. The molecule has 0 radical (unpaired) electrons. The summed E-state index contributed by atoms with van der Waals surface area (Å²) in [7, 11) is 2.08. The fourth-order valence-corrected chi connectivity index (χ4v) is 2.54. The minimum absolute atomic E-state index is 0.697. The summed E-state index contributed by atoms with van der Waals surface area (Å²) in [6.45, 7) is 7.14. The van der Waals surface area contributed by atoms with Gasteiger partial charge in [-0.1, -0.05) is 26.7 Å². The van der Waals surface area contributed by atoms with Gasteiger partial charge in [0.1, 0.15) is 0 Å². The van der Waals surface area contributed by atoms with Crippen LogP contribution in [0.1, 0.15) is 40.0 Å². The number of hydrogen-bond acceptors (Lipinski definition) is 1. The van der Waals surface area contributed by atoms with Crippen molar-refractivity contribution in [3.8, 4) is 0 Å². The second-order valence-electron chi connectivity index (χ2n) is 4.51. The Bertz CT molecular complexity index is 133. The van der Waals surface area contributed by atoms with Gasteiger partial charge in [-0.2, -0.15) is 0 Å². The van der Waals surface area contributed by atoms with Crippen molar-refractivity contribution < 1.29 is 0 Å². The van der Waals surface area contributed by atoms with Crippen LogP contribution in [0.4, 0.5) is 0 Å². The van der Waals surface area contributed by atoms with E-state index in [4.69, 9.17) is 0 Å². The lowest BCUT2D eigenvalue weighted by molar-refractivity contribution is 0.150. The van der Waals surface area contributed by atoms with Crippen molar-refractivity contribution >= 4 is 0 Å². The topological polar surface area (TPSA) is 12.0 Å². The molecule has 0 aliphatic heterocycles. The van der Waals surface area contributed by atoms with Gasteiger partial charge in [0.2, 0.25) is 0 Å². The summed E-state index contributed by atoms with van der Waals surface area (Å²) >= 11 is 0. The summed E-state index contributed by atoms with van der Waals surface area (Å²) in [5.41, 5.74) is 0. The fourth-order valence-electron chi connectivity index (χ4n) is 2.54. The predicted molar refractivity (Wildman–Crippen MR) is 54.2 cm³/mol. The van der Waals surface area contributed by atoms with Gasteiger partial charge in [0.05, 0.1) is 0 Å². The highest BCUT2D eigenvalue weighted by atomic mass is 14.9. The molecule has 0 aromatic carbocycles. The maximum Gasteiger partial charge on any atom is 0.00666 e. The average Bonchev–Trinajstić information content (AvgIpc) is 2.08. The Morgan fingerprint density at radius 3 is 2.50 bits per heavy atom. The molecule has 1 saturated carbocycles. The molecular formula is C11H23N. The summed E-state index contributed by atoms with van der Waals surface area (Å²) in [5.74, 6) is 2.74. The Kier molecular flexibility index (Phi) is 3.57. The number of hydrogen-bond donors (Lipinski definition) is 1. The van der Waals surface area contributed by atoms with Gasteiger partial charge in [-0.3, -0.25) is 0 Å². The van der Waals surface area contributed by atoms with Gasteiger partial charge in [-0.25, -0.2) is 0 Å². The molecule has 0 aromatic rings. The van der Waals surface area contributed by atoms with Crippen molar-refractivity contribution in [1.82, 2.24) is 5.32 Å². The fraction of sp³-hybridized carbons (Fsp3) is 1.00. The second kappa shape index (κ2) is 4.27. The first-order chi connectivity index (χ1) is 5.66. The molecule has 0 bridgehead atoms. The normalized spacial score (nSPS) is 39.5. The summed E-state index contributed by atoms with van der Waals surface area (Å²) in [4.78, 5) is 0. The summed E-state index contributed by atoms with van der Waals surface area (Å²) in [5, 5.41) is 3.39. The SMILES string of the molecule is CNC(C)C1CCCC(C)C1C. The zero-order chi connectivity index (χ0) is 9.14. The van der Waals surface area contributed by atoms with Gasteiger partial charge >= 0.3 is 0 Å². The summed E-state index contributed by atoms with van der Waals surface area (Å²) < 4.78 is 0. The van der Waals surface area contributed by atoms with Crippen LogP contribution in [0.5, 0.6) is 0 Å². The van der Waals surface area contributed by atoms with Gasteiger partial charge < -0.3 is 5.32 Å². The van der Waals surface area contributed by atoms with Crippen LogP contribution in [0.25, 0.3) is 0 Å². The molecule has 0 aromatic heterocycles. The third-order valence-electron chi connectivity index (χ3n) is 3.87. The van der Waals surface area contributed by atoms with Crippen LogP contribution in [0.2, 0.25) is 0 Å². The van der Waals surface area contributed by atoms with Gasteiger partial charge in [0.15, 0.2) is 0 Å². The van der Waals surface area contributed by atoms with Crippen molar-refractivity contribution in [2.45, 2.75) is 46.1 Å². The molecule has 1 aliphatic rings. The van der Waals surface area contributed by atoms with E-state index in [0.717, 1.165) is 17.8 Å². The first kappa shape index (κ1) is 10.0. The second-order valence-corrected chi connectivity index (χ2v) is 4.51. The highest BCUT2D eigenvalue weighted by molar-refractivity contribution is 4.82. The monoisotopic (exact) mass is 169 g/mol. The van der Waals surface area contributed by atoms with E-state index in [1.54, 1.807) is 0 Å². The molecular weight excluding hydrogens is 146 g/mol. The zero-order valence-corrected chi connectivity index (χ0v) is 8.93. The molecule has 1 rings (SSSR count). The molecule has 1 heteroatoms. The molecule has 0 amide bonds. The van der Waals surface area contributed by atoms with E-state index < -0.39 is 0 Å². The highest BCUT2D eigenvalue weighted by Gasteiger charge is 2.29. The molecule has 0 heterocycles. The largest absolute Gasteiger partial charge is 0.317 e. The van der Waals surface area contributed by atoms with E-state index in [-0.39, 0.29) is 0 Å². The summed E-state index contributed by atoms with van der Waals surface area (Å²) in [6.07, 6.45) is 4.30. The van der Waals surface area contributed by atoms with E-state index in [0.29, 0.717) is 6.04 Å². The Balaban J connectivity index is 2.51. The van der Waals surface area contributed by atoms with Crippen LogP contribution in [-0.4, -0.2) is 13.1 Å². The Labute approximate surface area is 76.9 Å². The van der Waals surface area contributed by atoms with Crippen LogP contribution < -0.4 is 5.32 Å². The minimum Gasteiger partial charge on any atom is -0.317 e. The van der Waals surface area contributed by atoms with Gasteiger partial charge in [0.25, 0.3) is 0 Å². The third kappa shape index (κ3) is 2.01. The lowest BCUT2D eigenvalue weighted by atomic mass is 9.71. The molecule has 4 atom stereocenters. The van der Waals surface area contributed by atoms with Crippen molar-refractivity contribution in [1.29, 1.82) is 0 Å². The van der Waals surface area contributed by atoms with Crippen LogP contribution >= 0.6 is 0 Å². The minimum atomic E-state index is 0.697. The van der Waals surface area contributed by atoms with Crippen LogP contribution in [0.3, 0.4) is 0 Å². The molecule has 72 valence electrons. The van der Waals surface area contributed by atoms with Gasteiger partial charge in [-0.05, 0) is 38.1 Å². The molecule has 0 spiro atoms. The summed E-state index contributed by atoms with van der Waals surface area (Å²) in [6, 6.07) is 0.697. The first-order valence-corrected chi connectivity index (χ1v) is 5.34. The van der Waals surface area contributed by atoms with Crippen molar-refractivity contribution in [2.75, 3.05) is 7.05 Å². The van der Waals surface area contributed by atoms with Crippen LogP contribution in [0.15, 0.2) is 0 Å². The van der Waals surface area contributed by atoms with E-state index in [1.165, 1.54) is 19.3 Å². The van der Waals surface area contributed by atoms with E-state index in [9.17, 15) is 0 Å². The molecule has 0 saturated heterocycles. The lowest BCUT2D eigenvalue weighted by Crippen LogP contribution is -2.38. The van der Waals surface area contributed by atoms with Crippen LogP contribution in [0, 0.1) is 17.8 Å². The van der Waals surface area contributed by atoms with E-state index in [1.807, 2.05) is 0 Å². The zero-order valence-electron chi connectivity index (χ0n) is 8.93. The van der Waals surface area contributed by atoms with Crippen LogP contribution in [-0.2, 0) is 0 Å². The van der Waals surface area contributed by atoms with Crippen molar-refractivity contribution in [2.24, 2.45) is 17.8 Å². The molecule has 4 unspecified atom stereocenters. The maximum atomic E-state index is 3.39. The average molecular weight is 169 g/mol. The standard InChI is InChI=1S/C11H23N/c1-8-6-5-7-11(9(8)2)10(3)12-4/h8-12H,5-7H2,1-4H3. The van der Waals surface area contributed by atoms with Gasteiger partial charge in [0, 0.05) is 6.04 Å². The predicted octanol–water partition coefficient (Wildman–Crippen LogP) is 2.67. The molecule has 1 nitrogen and oxygen atoms in total. The van der Waals surface area contributed by atoms with Crippen molar-refractivity contribution in [3.05, 3.63) is 0 Å². The molecule has 1 N–H and O–H groups in total. The quantitative estimate of drug-likeness (QED) is 0.670. The first-order valence-electron chi connectivity index (χ1n) is 5.34.